The van der Waals surface area contributed by atoms with Crippen LogP contribution in [0.3, 0.4) is 0 Å². The van der Waals surface area contributed by atoms with Gasteiger partial charge in [-0.2, -0.15) is 0 Å². The minimum Gasteiger partial charge on any atom is -0.460 e. The number of carbonyl (C=O) groups excluding carboxylic acids is 2. The molecular weight excluding hydrogens is 268 g/mol. The Hall–Kier alpha value is -2.14. The Bertz CT molecular complexity index is 516. The molecule has 5 nitrogen and oxygen atoms in total. The van der Waals surface area contributed by atoms with Gasteiger partial charge < -0.3 is 15.4 Å². The van der Waals surface area contributed by atoms with Gasteiger partial charge in [-0.05, 0) is 12.8 Å². The van der Waals surface area contributed by atoms with Crippen molar-refractivity contribution in [3.8, 4) is 0 Å². The van der Waals surface area contributed by atoms with Crippen LogP contribution in [0.4, 0.5) is 0 Å². The van der Waals surface area contributed by atoms with Crippen molar-refractivity contribution >= 4 is 11.9 Å². The van der Waals surface area contributed by atoms with Gasteiger partial charge in [-0.25, -0.2) is 4.79 Å². The average Bonchev–Trinajstić information content (AvgIpc) is 3.01. The molecule has 0 saturated carbocycles. The van der Waals surface area contributed by atoms with Gasteiger partial charge in [0.2, 0.25) is 0 Å². The van der Waals surface area contributed by atoms with Gasteiger partial charge in [-0.3, -0.25) is 4.79 Å². The maximum atomic E-state index is 12.6. The van der Waals surface area contributed by atoms with Crippen molar-refractivity contribution in [2.45, 2.75) is 24.9 Å². The van der Waals surface area contributed by atoms with E-state index in [1.807, 2.05) is 30.3 Å². The highest BCUT2D eigenvalue weighted by Gasteiger charge is 2.38. The normalized spacial score (nSPS) is 19.1. The van der Waals surface area contributed by atoms with Crippen LogP contribution in [0, 0.1) is 0 Å². The third kappa shape index (κ3) is 3.49. The van der Waals surface area contributed by atoms with E-state index < -0.39 is 12.1 Å². The summed E-state index contributed by atoms with van der Waals surface area (Å²) >= 11 is 0. The molecule has 1 aromatic rings. The average molecular weight is 289 g/mol. The first-order valence-corrected chi connectivity index (χ1v) is 7.11. The molecule has 0 aliphatic carbocycles. The fraction of sp³-hybridized carbons (Fsp3) is 0.375. The number of ether oxygens (including phenoxy) is 1. The number of hydrogen-bond acceptors (Lipinski definition) is 3. The zero-order chi connectivity index (χ0) is 15.2. The number of benzene rings is 1. The monoisotopic (exact) mass is 289 g/mol. The number of nitrogens with zero attached hydrogens (tertiary/aromatic N) is 1. The second-order valence-electron chi connectivity index (χ2n) is 5.07. The maximum absolute atomic E-state index is 12.6. The molecule has 5 heteroatoms. The number of hydrogen-bond donors (Lipinski definition) is 1. The number of rotatable bonds is 5. The fourth-order valence-corrected chi connectivity index (χ4v) is 2.54. The lowest BCUT2D eigenvalue weighted by Gasteiger charge is -2.24. The van der Waals surface area contributed by atoms with E-state index in [4.69, 9.17) is 4.74 Å². The molecule has 1 aliphatic heterocycles. The molecule has 21 heavy (non-hydrogen) atoms. The van der Waals surface area contributed by atoms with Crippen LogP contribution in [-0.4, -0.2) is 36.0 Å². The Balaban J connectivity index is 2.07. The Morgan fingerprint density at radius 2 is 2.14 bits per heavy atom. The van der Waals surface area contributed by atoms with Crippen molar-refractivity contribution in [3.05, 3.63) is 48.6 Å². The summed E-state index contributed by atoms with van der Waals surface area (Å²) in [6.45, 7) is 4.26. The topological polar surface area (TPSA) is 74.2 Å². The van der Waals surface area contributed by atoms with Crippen molar-refractivity contribution in [2.75, 3.05) is 13.2 Å². The zero-order valence-electron chi connectivity index (χ0n) is 12.0. The van der Waals surface area contributed by atoms with Gasteiger partial charge in [0.15, 0.2) is 6.04 Å². The molecule has 1 aromatic carbocycles. The molecule has 0 radical (unpaired) electrons. The van der Waals surface area contributed by atoms with E-state index in [0.29, 0.717) is 13.0 Å². The summed E-state index contributed by atoms with van der Waals surface area (Å²) in [7, 11) is 0. The maximum Gasteiger partial charge on any atom is 0.329 e. The van der Waals surface area contributed by atoms with Crippen LogP contribution in [-0.2, 0) is 14.3 Å². The minimum atomic E-state index is -0.501. The fourth-order valence-electron chi connectivity index (χ4n) is 2.54. The van der Waals surface area contributed by atoms with Gasteiger partial charge >= 0.3 is 5.97 Å². The summed E-state index contributed by atoms with van der Waals surface area (Å²) in [6.07, 6.45) is 2.97. The molecule has 0 spiro atoms. The molecular formula is C16H21N2O3+. The summed E-state index contributed by atoms with van der Waals surface area (Å²) in [5, 5.41) is 0. The van der Waals surface area contributed by atoms with Gasteiger partial charge in [0.25, 0.3) is 5.91 Å². The zero-order valence-corrected chi connectivity index (χ0v) is 12.0. The molecule has 2 atom stereocenters. The SMILES string of the molecule is C=CCOC(=O)[C@H]1CCCN1C(=O)[C@H]([NH3+])c1ccccc1. The first-order chi connectivity index (χ1) is 10.1. The van der Waals surface area contributed by atoms with Gasteiger partial charge in [-0.15, -0.1) is 0 Å². The molecule has 112 valence electrons. The van der Waals surface area contributed by atoms with Crippen molar-refractivity contribution in [3.63, 3.8) is 0 Å². The molecule has 0 aromatic heterocycles. The van der Waals surface area contributed by atoms with Crippen LogP contribution in [0.15, 0.2) is 43.0 Å². The number of quaternary nitrogens is 1. The predicted octanol–water partition coefficient (Wildman–Crippen LogP) is 0.690. The quantitative estimate of drug-likeness (QED) is 0.640. The van der Waals surface area contributed by atoms with E-state index in [9.17, 15) is 9.59 Å². The molecule has 1 heterocycles. The first-order valence-electron chi connectivity index (χ1n) is 7.11. The lowest BCUT2D eigenvalue weighted by molar-refractivity contribution is -0.411. The van der Waals surface area contributed by atoms with Crippen LogP contribution >= 0.6 is 0 Å². The number of amides is 1. The van der Waals surface area contributed by atoms with Gasteiger partial charge in [-0.1, -0.05) is 43.0 Å². The molecule has 1 amide bonds. The van der Waals surface area contributed by atoms with E-state index in [2.05, 4.69) is 12.3 Å². The van der Waals surface area contributed by atoms with Crippen LogP contribution in [0.5, 0.6) is 0 Å². The van der Waals surface area contributed by atoms with Crippen LogP contribution in [0.25, 0.3) is 0 Å². The van der Waals surface area contributed by atoms with E-state index in [0.717, 1.165) is 12.0 Å². The van der Waals surface area contributed by atoms with Crippen LogP contribution < -0.4 is 5.73 Å². The number of carbonyl (C=O) groups is 2. The number of esters is 1. The van der Waals surface area contributed by atoms with Crippen LogP contribution in [0.1, 0.15) is 24.4 Å². The Morgan fingerprint density at radius 1 is 1.43 bits per heavy atom. The highest BCUT2D eigenvalue weighted by molar-refractivity contribution is 5.88. The summed E-state index contributed by atoms with van der Waals surface area (Å²) in [6, 6.07) is 8.39. The Labute approximate surface area is 124 Å². The van der Waals surface area contributed by atoms with Crippen LogP contribution in [0.2, 0.25) is 0 Å². The molecule has 0 bridgehead atoms. The Morgan fingerprint density at radius 3 is 2.81 bits per heavy atom. The highest BCUT2D eigenvalue weighted by Crippen LogP contribution is 2.22. The molecule has 1 saturated heterocycles. The molecule has 3 N–H and O–H groups in total. The third-order valence-corrected chi connectivity index (χ3v) is 3.65. The van der Waals surface area contributed by atoms with Crippen molar-refractivity contribution < 1.29 is 20.1 Å². The molecule has 1 fully saturated rings. The van der Waals surface area contributed by atoms with Crippen molar-refractivity contribution in [1.82, 2.24) is 4.90 Å². The highest BCUT2D eigenvalue weighted by atomic mass is 16.5. The van der Waals surface area contributed by atoms with E-state index in [1.165, 1.54) is 6.08 Å². The van der Waals surface area contributed by atoms with Gasteiger partial charge in [0.1, 0.15) is 12.6 Å². The second-order valence-corrected chi connectivity index (χ2v) is 5.07. The van der Waals surface area contributed by atoms with E-state index in [-0.39, 0.29) is 18.5 Å². The minimum absolute atomic E-state index is 0.126. The van der Waals surface area contributed by atoms with E-state index in [1.54, 1.807) is 4.90 Å². The molecule has 2 rings (SSSR count). The lowest BCUT2D eigenvalue weighted by atomic mass is 10.1. The van der Waals surface area contributed by atoms with Gasteiger partial charge in [0, 0.05) is 12.1 Å². The van der Waals surface area contributed by atoms with Crippen molar-refractivity contribution in [2.24, 2.45) is 0 Å². The van der Waals surface area contributed by atoms with Gasteiger partial charge in [0.05, 0.1) is 0 Å². The summed E-state index contributed by atoms with van der Waals surface area (Å²) < 4.78 is 5.07. The van der Waals surface area contributed by atoms with E-state index >= 15 is 0 Å². The standard InChI is InChI=1S/C16H20N2O3/c1-2-11-21-16(20)13-9-6-10-18(13)15(19)14(17)12-7-4-3-5-8-12/h2-5,7-8,13-14H,1,6,9-11,17H2/p+1/t13-,14-/m1/s1. The third-order valence-electron chi connectivity index (χ3n) is 3.65. The molecule has 0 unspecified atom stereocenters. The lowest BCUT2D eigenvalue weighted by Crippen LogP contribution is -2.61. The smallest absolute Gasteiger partial charge is 0.329 e. The number of likely N-dealkylation sites (tertiary alicyclic amines) is 1. The Kier molecular flexibility index (Phi) is 5.11. The largest absolute Gasteiger partial charge is 0.460 e. The summed E-state index contributed by atoms with van der Waals surface area (Å²) in [5.41, 5.74) is 4.80. The first kappa shape index (κ1) is 15.3. The molecule has 1 aliphatic rings. The predicted molar refractivity (Wildman–Crippen MR) is 78.0 cm³/mol. The van der Waals surface area contributed by atoms with Crippen molar-refractivity contribution in [1.29, 1.82) is 0 Å². The second kappa shape index (κ2) is 7.04. The summed E-state index contributed by atoms with van der Waals surface area (Å²) in [5.74, 6) is -0.486. The summed E-state index contributed by atoms with van der Waals surface area (Å²) in [4.78, 5) is 26.2.